The highest BCUT2D eigenvalue weighted by Gasteiger charge is 2.85. The minimum absolute atomic E-state index is 0.110. The molecule has 10 atom stereocenters. The molecule has 3 aliphatic heterocycles. The van der Waals surface area contributed by atoms with Crippen molar-refractivity contribution in [2.75, 3.05) is 12.0 Å². The van der Waals surface area contributed by atoms with Crippen molar-refractivity contribution < 1.29 is 38.2 Å². The Hall–Kier alpha value is -1.29. The monoisotopic (exact) mass is 426 g/mol. The Morgan fingerprint density at radius 3 is 2.66 bits per heavy atom. The zero-order chi connectivity index (χ0) is 21.1. The van der Waals surface area contributed by atoms with Gasteiger partial charge in [0.1, 0.15) is 17.8 Å². The molecule has 2 saturated heterocycles. The molecule has 29 heavy (non-hydrogen) atoms. The maximum Gasteiger partial charge on any atom is 0.331 e. The average Bonchev–Trinajstić information content (AvgIpc) is 3.27. The fraction of sp³-hybridized carbons (Fsp3) is 0.800. The van der Waals surface area contributed by atoms with Crippen molar-refractivity contribution in [3.05, 3.63) is 11.6 Å². The summed E-state index contributed by atoms with van der Waals surface area (Å²) in [4.78, 5) is 25.4. The van der Waals surface area contributed by atoms with E-state index in [1.165, 1.54) is 19.3 Å². The first-order valence-corrected chi connectivity index (χ1v) is 11.6. The Morgan fingerprint density at radius 1 is 1.31 bits per heavy atom. The highest BCUT2D eigenvalue weighted by molar-refractivity contribution is 7.84. The van der Waals surface area contributed by atoms with E-state index in [0.29, 0.717) is 18.4 Å². The van der Waals surface area contributed by atoms with E-state index >= 15 is 0 Å². The first-order chi connectivity index (χ1) is 13.4. The van der Waals surface area contributed by atoms with Gasteiger partial charge in [0, 0.05) is 34.5 Å². The van der Waals surface area contributed by atoms with Gasteiger partial charge in [-0.05, 0) is 32.3 Å². The van der Waals surface area contributed by atoms with E-state index in [1.54, 1.807) is 0 Å². The molecule has 8 nitrogen and oxygen atoms in total. The molecule has 0 radical (unpaired) electrons. The van der Waals surface area contributed by atoms with E-state index in [-0.39, 0.29) is 17.6 Å². The predicted octanol–water partition coefficient (Wildman–Crippen LogP) is -0.172. The molecule has 2 aliphatic carbocycles. The minimum Gasteiger partial charge on any atom is -0.459 e. The van der Waals surface area contributed by atoms with E-state index in [1.807, 2.05) is 13.8 Å². The van der Waals surface area contributed by atoms with Gasteiger partial charge in [-0.1, -0.05) is 6.92 Å². The Kier molecular flexibility index (Phi) is 3.72. The number of cyclic esters (lactones) is 1. The molecule has 0 amide bonds. The molecular formula is C20H26O8S. The summed E-state index contributed by atoms with van der Waals surface area (Å²) in [5, 5.41) is 22.2. The minimum atomic E-state index is -1.63. The van der Waals surface area contributed by atoms with Gasteiger partial charge in [0.2, 0.25) is 0 Å². The van der Waals surface area contributed by atoms with Gasteiger partial charge in [-0.2, -0.15) is 0 Å². The standard InChI is InChI=1S/C20H26O8S/c1-17-6-5-10(21)19(3)9-7-11(22)26-15(18(2,24)8-29(4)25)20(9)14(28-20)12(13(17)19)27-16(17)23/h7,10,12-15,21,24H,5-6,8H2,1-4H3/t10-,12+,13+,14-,15-,17+,18+,19+,20+,29?/m1/s1. The second-order valence-corrected chi connectivity index (χ2v) is 11.3. The first kappa shape index (κ1) is 19.7. The fourth-order valence-electron chi connectivity index (χ4n) is 6.78. The van der Waals surface area contributed by atoms with Gasteiger partial charge in [0.15, 0.2) is 11.7 Å². The number of rotatable bonds is 3. The summed E-state index contributed by atoms with van der Waals surface area (Å²) in [6.45, 7) is 5.18. The summed E-state index contributed by atoms with van der Waals surface area (Å²) < 4.78 is 29.3. The van der Waals surface area contributed by atoms with Gasteiger partial charge in [-0.3, -0.25) is 9.00 Å². The molecule has 4 fully saturated rings. The number of aliphatic hydroxyl groups excluding tert-OH is 1. The maximum absolute atomic E-state index is 12.8. The van der Waals surface area contributed by atoms with E-state index in [9.17, 15) is 24.0 Å². The molecule has 160 valence electrons. The molecule has 5 rings (SSSR count). The molecule has 9 heteroatoms. The van der Waals surface area contributed by atoms with Crippen molar-refractivity contribution >= 4 is 22.7 Å². The second kappa shape index (κ2) is 5.49. The number of epoxide rings is 1. The molecular weight excluding hydrogens is 400 g/mol. The normalized spacial score (nSPS) is 52.8. The van der Waals surface area contributed by atoms with Crippen LogP contribution in [0.2, 0.25) is 0 Å². The topological polar surface area (TPSA) is 123 Å². The lowest BCUT2D eigenvalue weighted by molar-refractivity contribution is -0.172. The molecule has 1 unspecified atom stereocenters. The Labute approximate surface area is 171 Å². The van der Waals surface area contributed by atoms with Crippen LogP contribution < -0.4 is 0 Å². The van der Waals surface area contributed by atoms with Crippen LogP contribution in [0.25, 0.3) is 0 Å². The predicted molar refractivity (Wildman–Crippen MR) is 99.9 cm³/mol. The molecule has 0 aromatic carbocycles. The molecule has 2 saturated carbocycles. The van der Waals surface area contributed by atoms with Crippen LogP contribution in [0.4, 0.5) is 0 Å². The lowest BCUT2D eigenvalue weighted by atomic mass is 9.46. The van der Waals surface area contributed by atoms with Gasteiger partial charge in [0.05, 0.1) is 17.3 Å². The Morgan fingerprint density at radius 2 is 2.00 bits per heavy atom. The summed E-state index contributed by atoms with van der Waals surface area (Å²) in [5.74, 6) is -1.42. The SMILES string of the molecule is CS(=O)C[C@](C)(O)[C@H]1OC(=O)C=C2[C@@]3(C)[C@H](O)CC[C@]4(C)C(=O)O[C@H]([C@H]5O[C@@]251)[C@H]34. The number of esters is 2. The molecule has 2 N–H and O–H groups in total. The van der Waals surface area contributed by atoms with E-state index in [2.05, 4.69) is 0 Å². The highest BCUT2D eigenvalue weighted by atomic mass is 32.2. The average molecular weight is 426 g/mol. The molecule has 0 aromatic heterocycles. The maximum atomic E-state index is 12.8. The van der Waals surface area contributed by atoms with Crippen LogP contribution in [0, 0.1) is 16.7 Å². The summed E-state index contributed by atoms with van der Waals surface area (Å²) >= 11 is 0. The number of hydrogen-bond acceptors (Lipinski definition) is 8. The first-order valence-electron chi connectivity index (χ1n) is 9.91. The number of fused-ring (bicyclic) bond motifs is 2. The lowest BCUT2D eigenvalue weighted by Gasteiger charge is -2.56. The number of carbonyl (C=O) groups is 2. The van der Waals surface area contributed by atoms with Crippen molar-refractivity contribution in [1.82, 2.24) is 0 Å². The van der Waals surface area contributed by atoms with E-state index in [4.69, 9.17) is 14.2 Å². The largest absolute Gasteiger partial charge is 0.459 e. The van der Waals surface area contributed by atoms with Crippen LogP contribution in [0.5, 0.6) is 0 Å². The third-order valence-corrected chi connectivity index (χ3v) is 8.92. The van der Waals surface area contributed by atoms with Crippen LogP contribution >= 0.6 is 0 Å². The zero-order valence-electron chi connectivity index (χ0n) is 16.8. The Bertz CT molecular complexity index is 882. The number of ether oxygens (including phenoxy) is 3. The van der Waals surface area contributed by atoms with Crippen molar-refractivity contribution in [3.8, 4) is 0 Å². The molecule has 5 aliphatic rings. The fourth-order valence-corrected chi connectivity index (χ4v) is 7.76. The van der Waals surface area contributed by atoms with Gasteiger partial charge < -0.3 is 24.4 Å². The van der Waals surface area contributed by atoms with Crippen molar-refractivity contribution in [3.63, 3.8) is 0 Å². The van der Waals surface area contributed by atoms with Crippen LogP contribution in [-0.2, 0) is 34.6 Å². The van der Waals surface area contributed by atoms with Gasteiger partial charge in [-0.15, -0.1) is 0 Å². The molecule has 1 spiro atoms. The second-order valence-electron chi connectivity index (χ2n) is 9.88. The van der Waals surface area contributed by atoms with Crippen molar-refractivity contribution in [2.24, 2.45) is 16.7 Å². The smallest absolute Gasteiger partial charge is 0.331 e. The summed E-state index contributed by atoms with van der Waals surface area (Å²) in [6, 6.07) is 0. The Balaban J connectivity index is 1.69. The van der Waals surface area contributed by atoms with Gasteiger partial charge >= 0.3 is 11.9 Å². The number of carbonyl (C=O) groups excluding carboxylic acids is 2. The van der Waals surface area contributed by atoms with Crippen molar-refractivity contribution in [1.29, 1.82) is 0 Å². The van der Waals surface area contributed by atoms with Gasteiger partial charge in [0.25, 0.3) is 0 Å². The molecule has 0 aromatic rings. The number of hydrogen-bond donors (Lipinski definition) is 2. The highest BCUT2D eigenvalue weighted by Crippen LogP contribution is 2.73. The van der Waals surface area contributed by atoms with Crippen LogP contribution in [-0.4, -0.2) is 74.0 Å². The van der Waals surface area contributed by atoms with Crippen LogP contribution in [0.3, 0.4) is 0 Å². The summed E-state index contributed by atoms with van der Waals surface area (Å²) in [6.07, 6.45) is 0.590. The van der Waals surface area contributed by atoms with Crippen LogP contribution in [0.1, 0.15) is 33.6 Å². The van der Waals surface area contributed by atoms with Crippen molar-refractivity contribution in [2.45, 2.75) is 69.2 Å². The van der Waals surface area contributed by atoms with Crippen LogP contribution in [0.15, 0.2) is 11.6 Å². The van der Waals surface area contributed by atoms with E-state index in [0.717, 1.165) is 0 Å². The third kappa shape index (κ3) is 2.17. The zero-order valence-corrected chi connectivity index (χ0v) is 17.7. The van der Waals surface area contributed by atoms with Gasteiger partial charge in [-0.25, -0.2) is 4.79 Å². The molecule has 3 heterocycles. The summed E-state index contributed by atoms with van der Waals surface area (Å²) in [7, 11) is -1.35. The van der Waals surface area contributed by atoms with E-state index < -0.39 is 63.2 Å². The molecule has 0 bridgehead atoms. The third-order valence-electron chi connectivity index (χ3n) is 7.93. The quantitative estimate of drug-likeness (QED) is 0.471. The summed E-state index contributed by atoms with van der Waals surface area (Å²) in [5.41, 5.74) is -4.00. The lowest BCUT2D eigenvalue weighted by Crippen LogP contribution is -2.67. The number of aliphatic hydroxyl groups is 2.